The van der Waals surface area contributed by atoms with Gasteiger partial charge < -0.3 is 0 Å². The molecule has 0 bridgehead atoms. The summed E-state index contributed by atoms with van der Waals surface area (Å²) in [6, 6.07) is 0. The van der Waals surface area contributed by atoms with Gasteiger partial charge in [0.2, 0.25) is 0 Å². The molecule has 0 spiro atoms. The standard InChI is InChI=1S/C28H49P/c1-18(2)26(29)12-7-20(4)23-10-11-24-22-9-8-21-17-19(3)13-15-27(21,5)25(22)14-16-28(23,24)6/h8,18-20,22-26H,7,9-17,29H2,1-6H3. The fourth-order valence-electron chi connectivity index (χ4n) is 8.81. The van der Waals surface area contributed by atoms with E-state index < -0.39 is 0 Å². The van der Waals surface area contributed by atoms with E-state index >= 15 is 0 Å². The maximum Gasteiger partial charge on any atom is -0.00851 e. The molecular weight excluding hydrogens is 367 g/mol. The zero-order valence-electron chi connectivity index (χ0n) is 20.3. The molecule has 0 saturated heterocycles. The van der Waals surface area contributed by atoms with E-state index in [2.05, 4.69) is 56.9 Å². The largest absolute Gasteiger partial charge is 0.134 e. The molecule has 0 amide bonds. The summed E-state index contributed by atoms with van der Waals surface area (Å²) in [5.41, 5.74) is 3.83. The average molecular weight is 417 g/mol. The van der Waals surface area contributed by atoms with Crippen molar-refractivity contribution in [2.45, 2.75) is 111 Å². The number of hydrogen-bond donors (Lipinski definition) is 0. The van der Waals surface area contributed by atoms with Crippen molar-refractivity contribution in [3.63, 3.8) is 0 Å². The normalized spacial score (nSPS) is 46.5. The lowest BCUT2D eigenvalue weighted by Crippen LogP contribution is -2.50. The summed E-state index contributed by atoms with van der Waals surface area (Å²) in [7, 11) is 3.13. The lowest BCUT2D eigenvalue weighted by molar-refractivity contribution is -0.0522. The Morgan fingerprint density at radius 2 is 1.76 bits per heavy atom. The molecule has 29 heavy (non-hydrogen) atoms. The van der Waals surface area contributed by atoms with Gasteiger partial charge in [0.25, 0.3) is 0 Å². The number of allylic oxidation sites excluding steroid dienone is 2. The van der Waals surface area contributed by atoms with Gasteiger partial charge in [-0.25, -0.2) is 0 Å². The minimum absolute atomic E-state index is 0.546. The topological polar surface area (TPSA) is 0 Å². The molecule has 4 rings (SSSR count). The molecule has 3 saturated carbocycles. The molecule has 0 aromatic carbocycles. The summed E-state index contributed by atoms with van der Waals surface area (Å²) < 4.78 is 0. The van der Waals surface area contributed by atoms with E-state index in [1.54, 1.807) is 0 Å². The van der Waals surface area contributed by atoms with Gasteiger partial charge in [0, 0.05) is 0 Å². The molecule has 10 unspecified atom stereocenters. The first-order valence-corrected chi connectivity index (χ1v) is 13.8. The van der Waals surface area contributed by atoms with Gasteiger partial charge in [-0.1, -0.05) is 53.2 Å². The van der Waals surface area contributed by atoms with Crippen LogP contribution in [0.2, 0.25) is 0 Å². The van der Waals surface area contributed by atoms with Gasteiger partial charge in [-0.15, -0.1) is 9.24 Å². The van der Waals surface area contributed by atoms with E-state index in [9.17, 15) is 0 Å². The van der Waals surface area contributed by atoms with Crippen LogP contribution in [-0.4, -0.2) is 5.66 Å². The number of rotatable bonds is 5. The van der Waals surface area contributed by atoms with Crippen LogP contribution in [0.5, 0.6) is 0 Å². The smallest absolute Gasteiger partial charge is 0.00851 e. The van der Waals surface area contributed by atoms with Gasteiger partial charge >= 0.3 is 0 Å². The van der Waals surface area contributed by atoms with E-state index in [-0.39, 0.29) is 0 Å². The number of fused-ring (bicyclic) bond motifs is 5. The van der Waals surface area contributed by atoms with Crippen molar-refractivity contribution in [1.29, 1.82) is 0 Å². The van der Waals surface area contributed by atoms with Crippen LogP contribution in [0, 0.1) is 52.3 Å². The fraction of sp³-hybridized carbons (Fsp3) is 0.929. The molecule has 0 heterocycles. The Bertz CT molecular complexity index is 620. The van der Waals surface area contributed by atoms with Crippen molar-refractivity contribution in [2.24, 2.45) is 52.3 Å². The van der Waals surface area contributed by atoms with Crippen molar-refractivity contribution in [1.82, 2.24) is 0 Å². The molecular formula is C28H49P. The van der Waals surface area contributed by atoms with Crippen molar-refractivity contribution >= 4 is 9.24 Å². The molecule has 10 atom stereocenters. The summed E-state index contributed by atoms with van der Waals surface area (Å²) in [6.07, 6.45) is 17.4. The second-order valence-corrected chi connectivity index (χ2v) is 13.7. The van der Waals surface area contributed by atoms with Gasteiger partial charge in [0.1, 0.15) is 0 Å². The molecule has 0 nitrogen and oxygen atoms in total. The maximum absolute atomic E-state index is 3.13. The summed E-state index contributed by atoms with van der Waals surface area (Å²) in [4.78, 5) is 0. The predicted octanol–water partition coefficient (Wildman–Crippen LogP) is 8.52. The van der Waals surface area contributed by atoms with Crippen LogP contribution in [0.15, 0.2) is 11.6 Å². The highest BCUT2D eigenvalue weighted by molar-refractivity contribution is 7.17. The van der Waals surface area contributed by atoms with E-state index in [4.69, 9.17) is 0 Å². The second kappa shape index (κ2) is 8.26. The van der Waals surface area contributed by atoms with Crippen LogP contribution >= 0.6 is 9.24 Å². The Morgan fingerprint density at radius 1 is 1.00 bits per heavy atom. The summed E-state index contributed by atoms with van der Waals surface area (Å²) >= 11 is 0. The molecule has 1 heteroatoms. The van der Waals surface area contributed by atoms with Gasteiger partial charge in [0.05, 0.1) is 0 Å². The first-order valence-electron chi connectivity index (χ1n) is 13.1. The molecule has 0 aromatic rings. The molecule has 0 N–H and O–H groups in total. The third kappa shape index (κ3) is 3.81. The Labute approximate surface area is 184 Å². The monoisotopic (exact) mass is 416 g/mol. The molecule has 166 valence electrons. The highest BCUT2D eigenvalue weighted by atomic mass is 31.0. The van der Waals surface area contributed by atoms with Crippen molar-refractivity contribution in [2.75, 3.05) is 0 Å². The van der Waals surface area contributed by atoms with E-state index in [0.29, 0.717) is 10.8 Å². The Balaban J connectivity index is 1.49. The van der Waals surface area contributed by atoms with E-state index in [1.165, 1.54) is 64.2 Å². The minimum atomic E-state index is 0.546. The zero-order chi connectivity index (χ0) is 21.0. The molecule has 0 aliphatic heterocycles. The van der Waals surface area contributed by atoms with Crippen LogP contribution in [0.3, 0.4) is 0 Å². The predicted molar refractivity (Wildman–Crippen MR) is 131 cm³/mol. The third-order valence-corrected chi connectivity index (χ3v) is 12.0. The summed E-state index contributed by atoms with van der Waals surface area (Å²) in [5, 5.41) is 0. The lowest BCUT2D eigenvalue weighted by atomic mass is 9.46. The van der Waals surface area contributed by atoms with Gasteiger partial charge in [-0.05, 0) is 122 Å². The van der Waals surface area contributed by atoms with Gasteiger partial charge in [-0.3, -0.25) is 0 Å². The van der Waals surface area contributed by atoms with E-state index in [0.717, 1.165) is 47.1 Å². The number of hydrogen-bond acceptors (Lipinski definition) is 0. The van der Waals surface area contributed by atoms with Gasteiger partial charge in [-0.2, -0.15) is 0 Å². The Kier molecular flexibility index (Phi) is 6.37. The van der Waals surface area contributed by atoms with Crippen molar-refractivity contribution < 1.29 is 0 Å². The maximum atomic E-state index is 3.13. The molecule has 4 aliphatic rings. The summed E-state index contributed by atoms with van der Waals surface area (Å²) in [5.74, 6) is 6.57. The van der Waals surface area contributed by atoms with Crippen LogP contribution in [0.4, 0.5) is 0 Å². The van der Waals surface area contributed by atoms with Crippen LogP contribution in [0.25, 0.3) is 0 Å². The van der Waals surface area contributed by atoms with Crippen LogP contribution in [-0.2, 0) is 0 Å². The third-order valence-electron chi connectivity index (χ3n) is 10.9. The highest BCUT2D eigenvalue weighted by Crippen LogP contribution is 2.67. The Morgan fingerprint density at radius 3 is 2.48 bits per heavy atom. The van der Waals surface area contributed by atoms with Crippen molar-refractivity contribution in [3.05, 3.63) is 11.6 Å². The molecule has 3 fully saturated rings. The first kappa shape index (κ1) is 22.4. The molecule has 0 radical (unpaired) electrons. The summed E-state index contributed by atoms with van der Waals surface area (Å²) in [6.45, 7) is 15.2. The first-order chi connectivity index (χ1) is 13.7. The Hall–Kier alpha value is 0.170. The second-order valence-electron chi connectivity index (χ2n) is 12.8. The minimum Gasteiger partial charge on any atom is -0.134 e. The van der Waals surface area contributed by atoms with Gasteiger partial charge in [0.15, 0.2) is 0 Å². The van der Waals surface area contributed by atoms with Crippen molar-refractivity contribution in [3.8, 4) is 0 Å². The molecule has 0 aromatic heterocycles. The van der Waals surface area contributed by atoms with Crippen LogP contribution in [0.1, 0.15) is 106 Å². The average Bonchev–Trinajstić information content (AvgIpc) is 3.03. The van der Waals surface area contributed by atoms with Crippen LogP contribution < -0.4 is 0 Å². The fourth-order valence-corrected chi connectivity index (χ4v) is 9.00. The highest BCUT2D eigenvalue weighted by Gasteiger charge is 2.58. The zero-order valence-corrected chi connectivity index (χ0v) is 21.5. The molecule has 4 aliphatic carbocycles. The quantitative estimate of drug-likeness (QED) is 0.311. The SMILES string of the molecule is CC1CCC2(C)C(=CCC3C2CCC2(C)C(C(C)CCC(P)C(C)C)CCC32)C1. The van der Waals surface area contributed by atoms with E-state index in [1.807, 2.05) is 5.57 Å². The lowest BCUT2D eigenvalue weighted by Gasteiger charge is -2.58.